The molecule has 0 amide bonds. The van der Waals surface area contributed by atoms with E-state index in [0.717, 1.165) is 29.1 Å². The molecule has 1 aromatic carbocycles. The third kappa shape index (κ3) is 2.44. The lowest BCUT2D eigenvalue weighted by molar-refractivity contribution is 0.376. The maximum Gasteiger partial charge on any atom is 0.133 e. The highest BCUT2D eigenvalue weighted by molar-refractivity contribution is 9.10. The van der Waals surface area contributed by atoms with Crippen molar-refractivity contribution in [2.45, 2.75) is 5.92 Å². The van der Waals surface area contributed by atoms with Gasteiger partial charge in [-0.1, -0.05) is 0 Å². The summed E-state index contributed by atoms with van der Waals surface area (Å²) in [7, 11) is 3.37. The van der Waals surface area contributed by atoms with Crippen LogP contribution in [0.5, 0.6) is 11.5 Å². The normalized spacial score (nSPS) is 14.9. The van der Waals surface area contributed by atoms with Crippen LogP contribution in [-0.4, -0.2) is 27.3 Å². The van der Waals surface area contributed by atoms with Gasteiger partial charge in [0.25, 0.3) is 0 Å². The molecule has 0 aromatic heterocycles. The molecule has 1 heterocycles. The summed E-state index contributed by atoms with van der Waals surface area (Å²) < 4.78 is 11.6. The Balaban J connectivity index is 0.00000128. The van der Waals surface area contributed by atoms with Crippen LogP contribution in [0, 0.1) is 0 Å². The second kappa shape index (κ2) is 5.75. The summed E-state index contributed by atoms with van der Waals surface area (Å²) in [5.41, 5.74) is 1.22. The lowest BCUT2D eigenvalue weighted by Gasteiger charge is -2.29. The molecule has 0 bridgehead atoms. The van der Waals surface area contributed by atoms with E-state index in [4.69, 9.17) is 9.47 Å². The molecule has 0 radical (unpaired) electrons. The summed E-state index contributed by atoms with van der Waals surface area (Å²) in [5, 5.41) is 3.26. The first-order valence-electron chi connectivity index (χ1n) is 4.88. The molecule has 0 atom stereocenters. The zero-order valence-corrected chi connectivity index (χ0v) is 11.7. The van der Waals surface area contributed by atoms with Gasteiger partial charge in [0.15, 0.2) is 0 Å². The molecule has 0 aliphatic carbocycles. The standard InChI is InChI=1S/C11H14BrNO2.ClH/c1-14-10-4-9(12)11(15-2)3-8(10)7-5-13-6-7;/h3-4,7,13H,5-6H2,1-2H3;1H. The van der Waals surface area contributed by atoms with Crippen LogP contribution in [0.1, 0.15) is 11.5 Å². The van der Waals surface area contributed by atoms with Gasteiger partial charge in [0, 0.05) is 24.6 Å². The first kappa shape index (κ1) is 13.6. The molecular formula is C11H15BrClNO2. The minimum Gasteiger partial charge on any atom is -0.496 e. The third-order valence-corrected chi connectivity index (χ3v) is 3.35. The van der Waals surface area contributed by atoms with Crippen LogP contribution in [0.15, 0.2) is 16.6 Å². The van der Waals surface area contributed by atoms with Crippen LogP contribution in [0.3, 0.4) is 0 Å². The van der Waals surface area contributed by atoms with Gasteiger partial charge in [0.2, 0.25) is 0 Å². The van der Waals surface area contributed by atoms with E-state index in [1.54, 1.807) is 14.2 Å². The van der Waals surface area contributed by atoms with Crippen molar-refractivity contribution in [3.05, 3.63) is 22.2 Å². The molecule has 90 valence electrons. The number of ether oxygens (including phenoxy) is 2. The van der Waals surface area contributed by atoms with Crippen molar-refractivity contribution in [2.75, 3.05) is 27.3 Å². The first-order valence-corrected chi connectivity index (χ1v) is 5.67. The zero-order valence-electron chi connectivity index (χ0n) is 9.25. The summed E-state index contributed by atoms with van der Waals surface area (Å²) in [6.45, 7) is 2.03. The number of rotatable bonds is 3. The number of hydrogen-bond acceptors (Lipinski definition) is 3. The molecule has 16 heavy (non-hydrogen) atoms. The summed E-state index contributed by atoms with van der Waals surface area (Å²) in [4.78, 5) is 0. The number of methoxy groups -OCH3 is 2. The highest BCUT2D eigenvalue weighted by Gasteiger charge is 2.23. The number of halogens is 2. The van der Waals surface area contributed by atoms with Crippen molar-refractivity contribution in [2.24, 2.45) is 0 Å². The second-order valence-electron chi connectivity index (χ2n) is 3.58. The van der Waals surface area contributed by atoms with Gasteiger partial charge >= 0.3 is 0 Å². The van der Waals surface area contributed by atoms with Crippen LogP contribution in [0.2, 0.25) is 0 Å². The number of benzene rings is 1. The predicted molar refractivity (Wildman–Crippen MR) is 70.1 cm³/mol. The topological polar surface area (TPSA) is 30.5 Å². The second-order valence-corrected chi connectivity index (χ2v) is 4.44. The average molecular weight is 309 g/mol. The van der Waals surface area contributed by atoms with Crippen molar-refractivity contribution in [3.63, 3.8) is 0 Å². The maximum absolute atomic E-state index is 5.37. The van der Waals surface area contributed by atoms with Crippen molar-refractivity contribution in [1.82, 2.24) is 5.32 Å². The minimum atomic E-state index is 0. The van der Waals surface area contributed by atoms with Crippen LogP contribution in [0.25, 0.3) is 0 Å². The van der Waals surface area contributed by atoms with Crippen molar-refractivity contribution >= 4 is 28.3 Å². The van der Waals surface area contributed by atoms with Gasteiger partial charge in [-0.3, -0.25) is 0 Å². The smallest absolute Gasteiger partial charge is 0.133 e. The van der Waals surface area contributed by atoms with Crippen molar-refractivity contribution in [1.29, 1.82) is 0 Å². The molecule has 0 spiro atoms. The van der Waals surface area contributed by atoms with Gasteiger partial charge in [-0.25, -0.2) is 0 Å². The molecule has 1 fully saturated rings. The molecule has 1 aliphatic rings. The Labute approximate surface area is 110 Å². The molecular weight excluding hydrogens is 293 g/mol. The Morgan fingerprint density at radius 2 is 1.81 bits per heavy atom. The number of nitrogens with one attached hydrogen (secondary N) is 1. The van der Waals surface area contributed by atoms with E-state index >= 15 is 0 Å². The third-order valence-electron chi connectivity index (χ3n) is 2.73. The monoisotopic (exact) mass is 307 g/mol. The van der Waals surface area contributed by atoms with Crippen LogP contribution in [0.4, 0.5) is 0 Å². The van der Waals surface area contributed by atoms with Gasteiger partial charge < -0.3 is 14.8 Å². The van der Waals surface area contributed by atoms with Gasteiger partial charge in [-0.05, 0) is 28.1 Å². The number of hydrogen-bond donors (Lipinski definition) is 1. The molecule has 0 unspecified atom stereocenters. The van der Waals surface area contributed by atoms with E-state index < -0.39 is 0 Å². The van der Waals surface area contributed by atoms with Crippen molar-refractivity contribution < 1.29 is 9.47 Å². The molecule has 1 saturated heterocycles. The molecule has 1 aliphatic heterocycles. The molecule has 0 saturated carbocycles. The summed E-state index contributed by atoms with van der Waals surface area (Å²) >= 11 is 3.45. The van der Waals surface area contributed by atoms with Gasteiger partial charge in [0.05, 0.1) is 18.7 Å². The van der Waals surface area contributed by atoms with Gasteiger partial charge in [0.1, 0.15) is 11.5 Å². The Morgan fingerprint density at radius 1 is 1.19 bits per heavy atom. The SMILES string of the molecule is COc1cc(C2CNC2)c(OC)cc1Br.Cl. The van der Waals surface area contributed by atoms with E-state index in [9.17, 15) is 0 Å². The minimum absolute atomic E-state index is 0. The fourth-order valence-corrected chi connectivity index (χ4v) is 2.20. The van der Waals surface area contributed by atoms with E-state index in [2.05, 4.69) is 27.3 Å². The van der Waals surface area contributed by atoms with Crippen LogP contribution < -0.4 is 14.8 Å². The zero-order chi connectivity index (χ0) is 10.8. The summed E-state index contributed by atoms with van der Waals surface area (Å²) in [5.74, 6) is 2.33. The van der Waals surface area contributed by atoms with E-state index in [-0.39, 0.29) is 12.4 Å². The lowest BCUT2D eigenvalue weighted by atomic mass is 9.93. The van der Waals surface area contributed by atoms with E-state index in [1.165, 1.54) is 5.56 Å². The largest absolute Gasteiger partial charge is 0.496 e. The molecule has 2 rings (SSSR count). The van der Waals surface area contributed by atoms with Gasteiger partial charge in [-0.15, -0.1) is 12.4 Å². The molecule has 3 nitrogen and oxygen atoms in total. The van der Waals surface area contributed by atoms with E-state index in [0.29, 0.717) is 5.92 Å². The first-order chi connectivity index (χ1) is 7.26. The Bertz CT molecular complexity index is 369. The lowest BCUT2D eigenvalue weighted by Crippen LogP contribution is -2.40. The highest BCUT2D eigenvalue weighted by Crippen LogP contribution is 2.37. The highest BCUT2D eigenvalue weighted by atomic mass is 79.9. The maximum atomic E-state index is 5.37. The molecule has 1 aromatic rings. The predicted octanol–water partition coefficient (Wildman–Crippen LogP) is 2.57. The summed E-state index contributed by atoms with van der Waals surface area (Å²) in [6, 6.07) is 4.01. The van der Waals surface area contributed by atoms with Crippen LogP contribution >= 0.6 is 28.3 Å². The fourth-order valence-electron chi connectivity index (χ4n) is 1.71. The Hall–Kier alpha value is -0.450. The Kier molecular flexibility index (Phi) is 4.89. The summed E-state index contributed by atoms with van der Waals surface area (Å²) in [6.07, 6.45) is 0. The van der Waals surface area contributed by atoms with Crippen molar-refractivity contribution in [3.8, 4) is 11.5 Å². The average Bonchev–Trinajstić information content (AvgIpc) is 2.17. The Morgan fingerprint density at radius 3 is 2.25 bits per heavy atom. The fraction of sp³-hybridized carbons (Fsp3) is 0.455. The molecule has 5 heteroatoms. The van der Waals surface area contributed by atoms with Crippen LogP contribution in [-0.2, 0) is 0 Å². The quantitative estimate of drug-likeness (QED) is 0.931. The van der Waals surface area contributed by atoms with Gasteiger partial charge in [-0.2, -0.15) is 0 Å². The molecule has 1 N–H and O–H groups in total. The van der Waals surface area contributed by atoms with E-state index in [1.807, 2.05) is 6.07 Å².